The first-order valence-corrected chi connectivity index (χ1v) is 10.3. The molecule has 29 heavy (non-hydrogen) atoms. The van der Waals surface area contributed by atoms with Gasteiger partial charge >= 0.3 is 6.09 Å². The van der Waals surface area contributed by atoms with E-state index in [0.29, 0.717) is 6.42 Å². The van der Waals surface area contributed by atoms with E-state index in [1.165, 1.54) is 0 Å². The van der Waals surface area contributed by atoms with Crippen LogP contribution in [0.4, 0.5) is 10.5 Å². The predicted molar refractivity (Wildman–Crippen MR) is 116 cm³/mol. The fourth-order valence-electron chi connectivity index (χ4n) is 2.92. The number of amides is 2. The Kier molecular flexibility index (Phi) is 6.17. The summed E-state index contributed by atoms with van der Waals surface area (Å²) in [7, 11) is 1.70. The maximum Gasteiger partial charge on any atom is 0.408 e. The van der Waals surface area contributed by atoms with Crippen molar-refractivity contribution in [3.63, 3.8) is 0 Å². The molecule has 0 aliphatic rings. The van der Waals surface area contributed by atoms with Crippen LogP contribution >= 0.6 is 11.3 Å². The van der Waals surface area contributed by atoms with Gasteiger partial charge in [-0.1, -0.05) is 30.3 Å². The van der Waals surface area contributed by atoms with Gasteiger partial charge in [-0.05, 0) is 44.5 Å². The molecule has 0 radical (unpaired) electrons. The molecule has 1 atom stereocenters. The Balaban J connectivity index is 1.82. The van der Waals surface area contributed by atoms with Crippen molar-refractivity contribution in [2.75, 3.05) is 11.9 Å². The summed E-state index contributed by atoms with van der Waals surface area (Å²) >= 11 is 1.55. The summed E-state index contributed by atoms with van der Waals surface area (Å²) in [5.41, 5.74) is 3.64. The Morgan fingerprint density at radius 1 is 1.17 bits per heavy atom. The Labute approximate surface area is 174 Å². The van der Waals surface area contributed by atoms with Crippen LogP contribution in [-0.4, -0.2) is 35.7 Å². The SMILES string of the molecule is CN(C(=O)C(Cc1ccccc1)NC(=O)OC(C)(C)C)c1ccc2scnc2c1. The number of fused-ring (bicyclic) bond motifs is 1. The summed E-state index contributed by atoms with van der Waals surface area (Å²) in [5.74, 6) is -0.228. The van der Waals surface area contributed by atoms with Crippen molar-refractivity contribution in [2.45, 2.75) is 38.8 Å². The van der Waals surface area contributed by atoms with Gasteiger partial charge in [-0.2, -0.15) is 0 Å². The summed E-state index contributed by atoms with van der Waals surface area (Å²) in [5, 5.41) is 2.74. The molecule has 2 amide bonds. The lowest BCUT2D eigenvalue weighted by molar-refractivity contribution is -0.120. The Morgan fingerprint density at radius 3 is 2.59 bits per heavy atom. The number of hydrogen-bond donors (Lipinski definition) is 1. The smallest absolute Gasteiger partial charge is 0.408 e. The number of thiazole rings is 1. The molecule has 0 saturated carbocycles. The molecule has 0 fully saturated rings. The Bertz CT molecular complexity index is 995. The van der Waals surface area contributed by atoms with Gasteiger partial charge < -0.3 is 15.0 Å². The van der Waals surface area contributed by atoms with Crippen LogP contribution in [0.1, 0.15) is 26.3 Å². The molecule has 0 bridgehead atoms. The first-order valence-electron chi connectivity index (χ1n) is 9.37. The topological polar surface area (TPSA) is 71.5 Å². The second-order valence-electron chi connectivity index (χ2n) is 7.79. The molecule has 0 aliphatic carbocycles. The van der Waals surface area contributed by atoms with Gasteiger partial charge in [-0.25, -0.2) is 9.78 Å². The largest absolute Gasteiger partial charge is 0.444 e. The number of hydrogen-bond acceptors (Lipinski definition) is 5. The van der Waals surface area contributed by atoms with Crippen LogP contribution in [-0.2, 0) is 16.0 Å². The number of likely N-dealkylation sites (N-methyl/N-ethyl adjacent to an activating group) is 1. The molecular formula is C22H25N3O3S. The lowest BCUT2D eigenvalue weighted by atomic mass is 10.0. The lowest BCUT2D eigenvalue weighted by Crippen LogP contribution is -2.50. The second kappa shape index (κ2) is 8.61. The maximum absolute atomic E-state index is 13.3. The zero-order valence-electron chi connectivity index (χ0n) is 17.0. The highest BCUT2D eigenvalue weighted by Crippen LogP contribution is 2.24. The molecular weight excluding hydrogens is 386 g/mol. The molecule has 0 saturated heterocycles. The number of nitrogens with zero attached hydrogens (tertiary/aromatic N) is 2. The minimum absolute atomic E-state index is 0.228. The highest BCUT2D eigenvalue weighted by atomic mass is 32.1. The maximum atomic E-state index is 13.3. The fourth-order valence-corrected chi connectivity index (χ4v) is 3.57. The van der Waals surface area contributed by atoms with Crippen LogP contribution in [0.15, 0.2) is 54.0 Å². The van der Waals surface area contributed by atoms with Gasteiger partial charge in [-0.15, -0.1) is 11.3 Å². The van der Waals surface area contributed by atoms with E-state index in [9.17, 15) is 9.59 Å². The summed E-state index contributed by atoms with van der Waals surface area (Å²) in [4.78, 5) is 31.5. The van der Waals surface area contributed by atoms with E-state index in [1.54, 1.807) is 49.6 Å². The summed E-state index contributed by atoms with van der Waals surface area (Å²) < 4.78 is 6.42. The van der Waals surface area contributed by atoms with E-state index in [4.69, 9.17) is 4.74 Å². The molecule has 3 aromatic rings. The van der Waals surface area contributed by atoms with Crippen LogP contribution in [0.3, 0.4) is 0 Å². The van der Waals surface area contributed by atoms with Crippen LogP contribution in [0, 0.1) is 0 Å². The number of anilines is 1. The monoisotopic (exact) mass is 411 g/mol. The van der Waals surface area contributed by atoms with E-state index in [1.807, 2.05) is 48.5 Å². The highest BCUT2D eigenvalue weighted by Gasteiger charge is 2.27. The van der Waals surface area contributed by atoms with E-state index >= 15 is 0 Å². The first-order chi connectivity index (χ1) is 13.7. The van der Waals surface area contributed by atoms with Crippen molar-refractivity contribution >= 4 is 39.2 Å². The quantitative estimate of drug-likeness (QED) is 0.676. The van der Waals surface area contributed by atoms with Gasteiger partial charge in [0.1, 0.15) is 11.6 Å². The third kappa shape index (κ3) is 5.54. The highest BCUT2D eigenvalue weighted by molar-refractivity contribution is 7.16. The van der Waals surface area contributed by atoms with Crippen molar-refractivity contribution in [1.29, 1.82) is 0 Å². The zero-order valence-corrected chi connectivity index (χ0v) is 17.8. The minimum Gasteiger partial charge on any atom is -0.444 e. The summed E-state index contributed by atoms with van der Waals surface area (Å²) in [6, 6.07) is 14.5. The number of ether oxygens (including phenoxy) is 1. The van der Waals surface area contributed by atoms with Gasteiger partial charge in [0.25, 0.3) is 0 Å². The molecule has 3 rings (SSSR count). The fraction of sp³-hybridized carbons (Fsp3) is 0.318. The average Bonchev–Trinajstić information content (AvgIpc) is 3.13. The number of nitrogens with one attached hydrogen (secondary N) is 1. The number of carbonyl (C=O) groups excluding carboxylic acids is 2. The molecule has 1 unspecified atom stereocenters. The first kappa shape index (κ1) is 20.8. The molecule has 0 spiro atoms. The van der Waals surface area contributed by atoms with E-state index in [2.05, 4.69) is 10.3 Å². The van der Waals surface area contributed by atoms with E-state index in [-0.39, 0.29) is 5.91 Å². The molecule has 1 heterocycles. The molecule has 0 aliphatic heterocycles. The number of benzene rings is 2. The third-order valence-corrected chi connectivity index (χ3v) is 5.11. The molecule has 152 valence electrons. The van der Waals surface area contributed by atoms with Gasteiger partial charge in [0.15, 0.2) is 0 Å². The summed E-state index contributed by atoms with van der Waals surface area (Å²) in [6.45, 7) is 5.36. The predicted octanol–water partition coefficient (Wildman–Crippen LogP) is 4.40. The van der Waals surface area contributed by atoms with Gasteiger partial charge in [0.05, 0.1) is 15.7 Å². The second-order valence-corrected chi connectivity index (χ2v) is 8.68. The Hall–Kier alpha value is -2.93. The van der Waals surface area contributed by atoms with Crippen molar-refractivity contribution in [2.24, 2.45) is 0 Å². The van der Waals surface area contributed by atoms with Crippen LogP contribution in [0.25, 0.3) is 10.2 Å². The number of carbonyl (C=O) groups is 2. The molecule has 1 N–H and O–H groups in total. The molecule has 7 heteroatoms. The number of aromatic nitrogens is 1. The zero-order chi connectivity index (χ0) is 21.0. The third-order valence-electron chi connectivity index (χ3n) is 4.30. The Morgan fingerprint density at radius 2 is 1.90 bits per heavy atom. The normalized spacial score (nSPS) is 12.4. The van der Waals surface area contributed by atoms with Crippen molar-refractivity contribution in [1.82, 2.24) is 10.3 Å². The standard InChI is InChI=1S/C22H25N3O3S/c1-22(2,3)28-21(27)24-18(12-15-8-6-5-7-9-15)20(26)25(4)16-10-11-19-17(13-16)23-14-29-19/h5-11,13-14,18H,12H2,1-4H3,(H,24,27). The molecule has 1 aromatic heterocycles. The van der Waals surface area contributed by atoms with Crippen molar-refractivity contribution in [3.8, 4) is 0 Å². The average molecular weight is 412 g/mol. The van der Waals surface area contributed by atoms with Gasteiger partial charge in [0.2, 0.25) is 5.91 Å². The number of alkyl carbamates (subject to hydrolysis) is 1. The molecule has 2 aromatic carbocycles. The van der Waals surface area contributed by atoms with Crippen LogP contribution in [0.5, 0.6) is 0 Å². The van der Waals surface area contributed by atoms with Gasteiger partial charge in [-0.3, -0.25) is 4.79 Å². The lowest BCUT2D eigenvalue weighted by Gasteiger charge is -2.26. The van der Waals surface area contributed by atoms with Gasteiger partial charge in [0, 0.05) is 19.2 Å². The van der Waals surface area contributed by atoms with E-state index in [0.717, 1.165) is 21.5 Å². The number of rotatable bonds is 5. The van der Waals surface area contributed by atoms with Crippen LogP contribution in [0.2, 0.25) is 0 Å². The molecule has 6 nitrogen and oxygen atoms in total. The van der Waals surface area contributed by atoms with E-state index < -0.39 is 17.7 Å². The van der Waals surface area contributed by atoms with Crippen molar-refractivity contribution < 1.29 is 14.3 Å². The summed E-state index contributed by atoms with van der Waals surface area (Å²) in [6.07, 6.45) is -0.252. The van der Waals surface area contributed by atoms with Crippen LogP contribution < -0.4 is 10.2 Å². The minimum atomic E-state index is -0.761. The van der Waals surface area contributed by atoms with Crippen molar-refractivity contribution in [3.05, 3.63) is 59.6 Å².